The Morgan fingerprint density at radius 1 is 1.18 bits per heavy atom. The minimum absolute atomic E-state index is 0.0485. The van der Waals surface area contributed by atoms with Crippen LogP contribution in [0.4, 0.5) is 22.7 Å². The normalized spacial score (nSPS) is 22.3. The van der Waals surface area contributed by atoms with Crippen molar-refractivity contribution in [3.8, 4) is 0 Å². The summed E-state index contributed by atoms with van der Waals surface area (Å²) < 4.78 is 0. The van der Waals surface area contributed by atoms with Crippen LogP contribution in [0.5, 0.6) is 0 Å². The van der Waals surface area contributed by atoms with Crippen LogP contribution in [0, 0.1) is 0 Å². The first kappa shape index (κ1) is 21.5. The SMILES string of the molecule is C[C@@H]1CCc2c(Nc3cc(C4CCCC4)[nH]n3)nc(N3CCC[C@@H]3C(=O)Nc3nccs3)nc21. The largest absolute Gasteiger partial charge is 0.329 e. The lowest BCUT2D eigenvalue weighted by molar-refractivity contribution is -0.117. The van der Waals surface area contributed by atoms with Crippen LogP contribution in [0.3, 0.4) is 0 Å². The number of nitrogens with one attached hydrogen (secondary N) is 3. The summed E-state index contributed by atoms with van der Waals surface area (Å²) in [5, 5.41) is 16.7. The molecule has 0 spiro atoms. The van der Waals surface area contributed by atoms with Gasteiger partial charge in [0.25, 0.3) is 0 Å². The molecule has 1 amide bonds. The topological polar surface area (TPSA) is 112 Å². The Kier molecular flexibility index (Phi) is 5.68. The number of carbonyl (C=O) groups is 1. The van der Waals surface area contributed by atoms with Gasteiger partial charge >= 0.3 is 0 Å². The van der Waals surface area contributed by atoms with Gasteiger partial charge in [-0.2, -0.15) is 10.1 Å². The summed E-state index contributed by atoms with van der Waals surface area (Å²) in [6.45, 7) is 2.98. The highest BCUT2D eigenvalue weighted by Crippen LogP contribution is 2.39. The molecule has 1 saturated heterocycles. The molecule has 3 aromatic heterocycles. The molecule has 3 aliphatic rings. The van der Waals surface area contributed by atoms with Gasteiger partial charge in [0.15, 0.2) is 10.9 Å². The van der Waals surface area contributed by atoms with Crippen LogP contribution in [-0.4, -0.2) is 43.6 Å². The third-order valence-corrected chi connectivity index (χ3v) is 8.12. The average molecular weight is 479 g/mol. The van der Waals surface area contributed by atoms with Crippen molar-refractivity contribution in [3.63, 3.8) is 0 Å². The van der Waals surface area contributed by atoms with Crippen molar-refractivity contribution in [2.24, 2.45) is 0 Å². The Hall–Kier alpha value is -3.01. The molecule has 2 aliphatic carbocycles. The third kappa shape index (κ3) is 4.04. The van der Waals surface area contributed by atoms with Gasteiger partial charge < -0.3 is 15.5 Å². The van der Waals surface area contributed by atoms with Crippen LogP contribution in [0.25, 0.3) is 0 Å². The number of hydrogen-bond acceptors (Lipinski definition) is 8. The van der Waals surface area contributed by atoms with Crippen molar-refractivity contribution >= 4 is 40.0 Å². The Morgan fingerprint density at radius 3 is 2.88 bits per heavy atom. The summed E-state index contributed by atoms with van der Waals surface area (Å²) in [6, 6.07) is 1.83. The van der Waals surface area contributed by atoms with Crippen molar-refractivity contribution in [1.82, 2.24) is 25.1 Å². The molecular formula is C24H30N8OS. The maximum atomic E-state index is 13.0. The van der Waals surface area contributed by atoms with Crippen LogP contribution in [-0.2, 0) is 11.2 Å². The molecule has 3 N–H and O–H groups in total. The smallest absolute Gasteiger partial charge is 0.248 e. The van der Waals surface area contributed by atoms with Gasteiger partial charge in [0.1, 0.15) is 11.9 Å². The van der Waals surface area contributed by atoms with E-state index in [4.69, 9.17) is 9.97 Å². The summed E-state index contributed by atoms with van der Waals surface area (Å²) in [5.41, 5.74) is 3.47. The number of rotatable bonds is 6. The number of carbonyl (C=O) groups excluding carboxylic acids is 1. The molecule has 10 heteroatoms. The van der Waals surface area contributed by atoms with Crippen molar-refractivity contribution in [1.29, 1.82) is 0 Å². The van der Waals surface area contributed by atoms with Crippen molar-refractivity contribution < 1.29 is 4.79 Å². The number of aromatic nitrogens is 5. The molecule has 1 aliphatic heterocycles. The van der Waals surface area contributed by atoms with Gasteiger partial charge in [0, 0.05) is 41.4 Å². The maximum absolute atomic E-state index is 13.0. The van der Waals surface area contributed by atoms with Crippen LogP contribution >= 0.6 is 11.3 Å². The van der Waals surface area contributed by atoms with Gasteiger partial charge in [-0.3, -0.25) is 9.89 Å². The lowest BCUT2D eigenvalue weighted by atomic mass is 10.0. The Bertz CT molecular complexity index is 1170. The molecule has 34 heavy (non-hydrogen) atoms. The molecule has 2 atom stereocenters. The standard InChI is InChI=1S/C24H30N8OS/c1-14-8-9-16-20(14)27-23(32-11-4-7-18(32)22(33)29-24-25-10-12-34-24)28-21(16)26-19-13-17(30-31-19)15-5-2-3-6-15/h10,12-15,18H,2-9,11H2,1H3,(H,25,29,33)(H2,26,27,28,30,31)/t14-,18-/m1/s1. The van der Waals surface area contributed by atoms with E-state index in [9.17, 15) is 4.79 Å². The van der Waals surface area contributed by atoms with E-state index in [1.165, 1.54) is 48.3 Å². The van der Waals surface area contributed by atoms with Crippen LogP contribution in [0.2, 0.25) is 0 Å². The number of anilines is 4. The zero-order valence-corrected chi connectivity index (χ0v) is 20.2. The second-order valence-corrected chi connectivity index (χ2v) is 10.6. The first-order chi connectivity index (χ1) is 16.7. The predicted octanol–water partition coefficient (Wildman–Crippen LogP) is 4.71. The van der Waals surface area contributed by atoms with Gasteiger partial charge in [0.05, 0.1) is 5.69 Å². The molecule has 0 unspecified atom stereocenters. The summed E-state index contributed by atoms with van der Waals surface area (Å²) in [7, 11) is 0. The molecule has 9 nitrogen and oxygen atoms in total. The Labute approximate surface area is 202 Å². The molecule has 0 radical (unpaired) electrons. The fourth-order valence-electron chi connectivity index (χ4n) is 5.59. The summed E-state index contributed by atoms with van der Waals surface area (Å²) in [4.78, 5) is 29.2. The van der Waals surface area contributed by atoms with Gasteiger partial charge in [-0.05, 0) is 44.4 Å². The molecule has 6 rings (SSSR count). The first-order valence-corrected chi connectivity index (χ1v) is 13.2. The number of nitrogens with zero attached hydrogens (tertiary/aromatic N) is 5. The monoisotopic (exact) mass is 478 g/mol. The number of hydrogen-bond donors (Lipinski definition) is 3. The Morgan fingerprint density at radius 2 is 2.06 bits per heavy atom. The van der Waals surface area contributed by atoms with Gasteiger partial charge in [-0.15, -0.1) is 11.3 Å². The second kappa shape index (κ2) is 8.98. The van der Waals surface area contributed by atoms with E-state index in [0.717, 1.165) is 49.6 Å². The molecular weight excluding hydrogens is 448 g/mol. The minimum Gasteiger partial charge on any atom is -0.329 e. The molecule has 3 aromatic rings. The highest BCUT2D eigenvalue weighted by Gasteiger charge is 2.35. The molecule has 178 valence electrons. The molecule has 0 bridgehead atoms. The quantitative estimate of drug-likeness (QED) is 0.470. The summed E-state index contributed by atoms with van der Waals surface area (Å²) in [6.07, 6.45) is 10.5. The highest BCUT2D eigenvalue weighted by molar-refractivity contribution is 7.13. The third-order valence-electron chi connectivity index (χ3n) is 7.44. The molecule has 1 saturated carbocycles. The fraction of sp³-hybridized carbons (Fsp3) is 0.542. The van der Waals surface area contributed by atoms with Gasteiger partial charge in [0.2, 0.25) is 11.9 Å². The zero-order valence-electron chi connectivity index (χ0n) is 19.4. The van der Waals surface area contributed by atoms with E-state index in [1.54, 1.807) is 6.20 Å². The Balaban J connectivity index is 1.28. The minimum atomic E-state index is -0.300. The molecule has 4 heterocycles. The maximum Gasteiger partial charge on any atom is 0.248 e. The highest BCUT2D eigenvalue weighted by atomic mass is 32.1. The number of fused-ring (bicyclic) bond motifs is 1. The van der Waals surface area contributed by atoms with Gasteiger partial charge in [-0.1, -0.05) is 19.8 Å². The number of amides is 1. The van der Waals surface area contributed by atoms with Crippen LogP contribution in [0.1, 0.15) is 80.7 Å². The lowest BCUT2D eigenvalue weighted by Gasteiger charge is -2.25. The van der Waals surface area contributed by atoms with Crippen molar-refractivity contribution in [2.45, 2.75) is 76.2 Å². The second-order valence-electron chi connectivity index (χ2n) is 9.67. The van der Waals surface area contributed by atoms with E-state index < -0.39 is 0 Å². The molecule has 0 aromatic carbocycles. The lowest BCUT2D eigenvalue weighted by Crippen LogP contribution is -2.40. The predicted molar refractivity (Wildman–Crippen MR) is 133 cm³/mol. The number of aromatic amines is 1. The van der Waals surface area contributed by atoms with E-state index >= 15 is 0 Å². The fourth-order valence-corrected chi connectivity index (χ4v) is 6.12. The van der Waals surface area contributed by atoms with Crippen LogP contribution in [0.15, 0.2) is 17.6 Å². The van der Waals surface area contributed by atoms with Gasteiger partial charge in [-0.25, -0.2) is 9.97 Å². The first-order valence-electron chi connectivity index (χ1n) is 12.4. The summed E-state index contributed by atoms with van der Waals surface area (Å²) >= 11 is 1.43. The number of H-pyrrole nitrogens is 1. The van der Waals surface area contributed by atoms with Crippen molar-refractivity contribution in [3.05, 3.63) is 34.6 Å². The summed E-state index contributed by atoms with van der Waals surface area (Å²) in [5.74, 6) is 3.14. The van der Waals surface area contributed by atoms with E-state index in [1.807, 2.05) is 10.3 Å². The number of thiazole rings is 1. The van der Waals surface area contributed by atoms with E-state index in [-0.39, 0.29) is 11.9 Å². The van der Waals surface area contributed by atoms with E-state index in [0.29, 0.717) is 22.9 Å². The average Bonchev–Trinajstić information content (AvgIpc) is 3.65. The van der Waals surface area contributed by atoms with Crippen molar-refractivity contribution in [2.75, 3.05) is 22.1 Å². The zero-order chi connectivity index (χ0) is 23.1. The van der Waals surface area contributed by atoms with E-state index in [2.05, 4.69) is 38.8 Å². The van der Waals surface area contributed by atoms with Crippen LogP contribution < -0.4 is 15.5 Å². The molecule has 2 fully saturated rings.